The number of hydrogen-bond donors (Lipinski definition) is 1. The van der Waals surface area contributed by atoms with Crippen molar-refractivity contribution in [3.8, 4) is 0 Å². The van der Waals surface area contributed by atoms with Crippen LogP contribution in [0.4, 0.5) is 0 Å². The van der Waals surface area contributed by atoms with Gasteiger partial charge in [0, 0.05) is 6.04 Å². The van der Waals surface area contributed by atoms with Gasteiger partial charge in [-0.05, 0) is 50.5 Å². The first-order chi connectivity index (χ1) is 9.74. The van der Waals surface area contributed by atoms with Gasteiger partial charge in [0.05, 0.1) is 19.5 Å². The van der Waals surface area contributed by atoms with E-state index in [-0.39, 0.29) is 11.8 Å². The molecule has 2 fully saturated rings. The van der Waals surface area contributed by atoms with Gasteiger partial charge in [0.15, 0.2) is 11.6 Å². The number of tetrazole rings is 1. The average Bonchev–Trinajstić information content (AvgIpc) is 3.09. The molecule has 3 heterocycles. The van der Waals surface area contributed by atoms with Gasteiger partial charge >= 0.3 is 0 Å². The summed E-state index contributed by atoms with van der Waals surface area (Å²) in [6, 6.07) is 0.615. The predicted octanol–water partition coefficient (Wildman–Crippen LogP) is -0.462. The van der Waals surface area contributed by atoms with Crippen molar-refractivity contribution in [2.24, 2.45) is 7.05 Å². The van der Waals surface area contributed by atoms with Crippen LogP contribution >= 0.6 is 0 Å². The Morgan fingerprint density at radius 2 is 2.15 bits per heavy atom. The Hall–Kier alpha value is -1.34. The van der Waals surface area contributed by atoms with Crippen LogP contribution in [-0.4, -0.2) is 62.6 Å². The van der Waals surface area contributed by atoms with E-state index in [2.05, 4.69) is 25.6 Å². The third-order valence-electron chi connectivity index (χ3n) is 4.33. The van der Waals surface area contributed by atoms with Crippen LogP contribution in [-0.2, 0) is 18.3 Å². The monoisotopic (exact) mass is 278 g/mol. The zero-order chi connectivity index (χ0) is 13.9. The highest BCUT2D eigenvalue weighted by Gasteiger charge is 2.35. The van der Waals surface area contributed by atoms with Crippen molar-refractivity contribution in [2.45, 2.75) is 44.2 Å². The Labute approximate surface area is 118 Å². The summed E-state index contributed by atoms with van der Waals surface area (Å²) in [7, 11) is 1.72. The number of aryl methyl sites for hydroxylation is 1. The second-order valence-corrected chi connectivity index (χ2v) is 5.72. The van der Waals surface area contributed by atoms with E-state index in [1.807, 2.05) is 0 Å². The van der Waals surface area contributed by atoms with Crippen molar-refractivity contribution in [1.82, 2.24) is 30.4 Å². The number of nitrogens with one attached hydrogen (secondary N) is 1. The van der Waals surface area contributed by atoms with Crippen LogP contribution in [0.2, 0.25) is 0 Å². The van der Waals surface area contributed by atoms with E-state index in [4.69, 9.17) is 0 Å². The number of nitrogens with zero attached hydrogens (tertiary/aromatic N) is 5. The molecule has 0 saturated carbocycles. The molecule has 110 valence electrons. The van der Waals surface area contributed by atoms with E-state index in [0.717, 1.165) is 45.3 Å². The predicted molar refractivity (Wildman–Crippen MR) is 73.1 cm³/mol. The third kappa shape index (κ3) is 2.88. The smallest absolute Gasteiger partial charge is 0.182 e. The molecule has 0 aromatic carbocycles. The normalized spacial score (nSPS) is 25.1. The molecule has 0 amide bonds. The SMILES string of the molecule is Cn1nnc(CC(=O)C2CCCN2C2CCNCC2)n1. The first-order valence-electron chi connectivity index (χ1n) is 7.46. The van der Waals surface area contributed by atoms with E-state index in [0.29, 0.717) is 18.3 Å². The summed E-state index contributed by atoms with van der Waals surface area (Å²) in [4.78, 5) is 16.3. The van der Waals surface area contributed by atoms with Crippen molar-refractivity contribution < 1.29 is 4.79 Å². The van der Waals surface area contributed by atoms with Gasteiger partial charge in [0.2, 0.25) is 0 Å². The Morgan fingerprint density at radius 1 is 1.35 bits per heavy atom. The van der Waals surface area contributed by atoms with Crippen LogP contribution in [0.3, 0.4) is 0 Å². The molecule has 2 saturated heterocycles. The molecule has 1 aromatic heterocycles. The number of Topliss-reactive ketones (excluding diaryl/α,β-unsaturated/α-hetero) is 1. The number of aromatic nitrogens is 4. The molecule has 20 heavy (non-hydrogen) atoms. The Kier molecular flexibility index (Phi) is 4.07. The highest BCUT2D eigenvalue weighted by molar-refractivity contribution is 5.85. The van der Waals surface area contributed by atoms with Gasteiger partial charge in [0.1, 0.15) is 0 Å². The van der Waals surface area contributed by atoms with Crippen LogP contribution in [0.1, 0.15) is 31.5 Å². The zero-order valence-electron chi connectivity index (χ0n) is 12.0. The molecular weight excluding hydrogens is 256 g/mol. The first-order valence-corrected chi connectivity index (χ1v) is 7.46. The number of carbonyl (C=O) groups is 1. The highest BCUT2D eigenvalue weighted by Crippen LogP contribution is 2.25. The van der Waals surface area contributed by atoms with Crippen molar-refractivity contribution in [2.75, 3.05) is 19.6 Å². The minimum absolute atomic E-state index is 0.0573. The van der Waals surface area contributed by atoms with Crippen LogP contribution in [0, 0.1) is 0 Å². The summed E-state index contributed by atoms with van der Waals surface area (Å²) in [5.41, 5.74) is 0. The Bertz CT molecular complexity index is 467. The van der Waals surface area contributed by atoms with Crippen molar-refractivity contribution in [3.63, 3.8) is 0 Å². The van der Waals surface area contributed by atoms with E-state index in [9.17, 15) is 4.79 Å². The van der Waals surface area contributed by atoms with Crippen molar-refractivity contribution in [1.29, 1.82) is 0 Å². The molecule has 7 nitrogen and oxygen atoms in total. The fourth-order valence-corrected chi connectivity index (χ4v) is 3.38. The maximum absolute atomic E-state index is 12.5. The molecule has 1 unspecified atom stereocenters. The second kappa shape index (κ2) is 5.97. The van der Waals surface area contributed by atoms with Gasteiger partial charge in [-0.15, -0.1) is 10.2 Å². The maximum atomic E-state index is 12.5. The molecule has 2 aliphatic heterocycles. The van der Waals surface area contributed by atoms with Crippen molar-refractivity contribution in [3.05, 3.63) is 5.82 Å². The second-order valence-electron chi connectivity index (χ2n) is 5.72. The van der Waals surface area contributed by atoms with E-state index in [1.165, 1.54) is 4.80 Å². The van der Waals surface area contributed by atoms with Gasteiger partial charge in [-0.2, -0.15) is 4.80 Å². The molecule has 2 aliphatic rings. The molecule has 1 aromatic rings. The molecule has 1 N–H and O–H groups in total. The minimum atomic E-state index is 0.0573. The summed E-state index contributed by atoms with van der Waals surface area (Å²) in [6.45, 7) is 3.18. The largest absolute Gasteiger partial charge is 0.317 e. The maximum Gasteiger partial charge on any atom is 0.182 e. The van der Waals surface area contributed by atoms with E-state index in [1.54, 1.807) is 7.05 Å². The van der Waals surface area contributed by atoms with Gasteiger partial charge in [0.25, 0.3) is 0 Å². The minimum Gasteiger partial charge on any atom is -0.317 e. The van der Waals surface area contributed by atoms with Gasteiger partial charge in [-0.3, -0.25) is 9.69 Å². The summed E-state index contributed by atoms with van der Waals surface area (Å²) >= 11 is 0. The zero-order valence-corrected chi connectivity index (χ0v) is 12.0. The lowest BCUT2D eigenvalue weighted by molar-refractivity contribution is -0.123. The molecule has 7 heteroatoms. The van der Waals surface area contributed by atoms with Gasteiger partial charge in [-0.1, -0.05) is 0 Å². The molecule has 0 spiro atoms. The summed E-state index contributed by atoms with van der Waals surface area (Å²) in [6.07, 6.45) is 4.69. The third-order valence-corrected chi connectivity index (χ3v) is 4.33. The molecule has 1 atom stereocenters. The quantitative estimate of drug-likeness (QED) is 0.803. The van der Waals surface area contributed by atoms with Crippen LogP contribution in [0.5, 0.6) is 0 Å². The number of hydrogen-bond acceptors (Lipinski definition) is 6. The molecule has 0 aliphatic carbocycles. The number of piperidine rings is 1. The molecular formula is C13H22N6O. The number of rotatable bonds is 4. The number of ketones is 1. The van der Waals surface area contributed by atoms with Crippen molar-refractivity contribution >= 4 is 5.78 Å². The van der Waals surface area contributed by atoms with Crippen LogP contribution in [0.15, 0.2) is 0 Å². The summed E-state index contributed by atoms with van der Waals surface area (Å²) in [5, 5.41) is 15.2. The summed E-state index contributed by atoms with van der Waals surface area (Å²) in [5.74, 6) is 0.781. The standard InChI is InChI=1S/C13H22N6O/c1-18-16-13(15-17-18)9-12(20)11-3-2-8-19(11)10-4-6-14-7-5-10/h10-11,14H,2-9H2,1H3. The molecule has 0 bridgehead atoms. The van der Waals surface area contributed by atoms with Gasteiger partial charge in [-0.25, -0.2) is 0 Å². The number of likely N-dealkylation sites (tertiary alicyclic amines) is 1. The lowest BCUT2D eigenvalue weighted by Gasteiger charge is -2.35. The summed E-state index contributed by atoms with van der Waals surface area (Å²) < 4.78 is 0. The fourth-order valence-electron chi connectivity index (χ4n) is 3.38. The van der Waals surface area contributed by atoms with Gasteiger partial charge < -0.3 is 5.32 Å². The Balaban J connectivity index is 1.63. The molecule has 0 radical (unpaired) electrons. The lowest BCUT2D eigenvalue weighted by atomic mass is 10.0. The van der Waals surface area contributed by atoms with Crippen LogP contribution < -0.4 is 5.32 Å². The van der Waals surface area contributed by atoms with E-state index >= 15 is 0 Å². The lowest BCUT2D eigenvalue weighted by Crippen LogP contribution is -2.48. The topological polar surface area (TPSA) is 75.9 Å². The van der Waals surface area contributed by atoms with Crippen LogP contribution in [0.25, 0.3) is 0 Å². The average molecular weight is 278 g/mol. The van der Waals surface area contributed by atoms with E-state index < -0.39 is 0 Å². The highest BCUT2D eigenvalue weighted by atomic mass is 16.1. The first kappa shape index (κ1) is 13.6. The fraction of sp³-hybridized carbons (Fsp3) is 0.846. The molecule has 3 rings (SSSR count). The number of carbonyl (C=O) groups excluding carboxylic acids is 1. The Morgan fingerprint density at radius 3 is 2.85 bits per heavy atom.